The largest absolute Gasteiger partial charge is 0.434 e. The van der Waals surface area contributed by atoms with Gasteiger partial charge in [-0.2, -0.15) is 8.78 Å². The summed E-state index contributed by atoms with van der Waals surface area (Å²) >= 11 is 0. The number of ether oxygens (including phenoxy) is 1. The van der Waals surface area contributed by atoms with Gasteiger partial charge in [-0.15, -0.1) is 0 Å². The van der Waals surface area contributed by atoms with Crippen molar-refractivity contribution in [2.45, 2.75) is 25.0 Å². The van der Waals surface area contributed by atoms with Crippen molar-refractivity contribution in [1.82, 2.24) is 10.6 Å². The lowest BCUT2D eigenvalue weighted by Crippen LogP contribution is -2.38. The number of alkyl halides is 2. The van der Waals surface area contributed by atoms with Gasteiger partial charge in [0.2, 0.25) is 0 Å². The van der Waals surface area contributed by atoms with Gasteiger partial charge in [0.15, 0.2) is 5.96 Å². The van der Waals surface area contributed by atoms with Crippen molar-refractivity contribution < 1.29 is 17.7 Å². The zero-order valence-corrected chi connectivity index (χ0v) is 16.1. The topological polar surface area (TPSA) is 62.7 Å². The average Bonchev–Trinajstić information content (AvgIpc) is 2.66. The van der Waals surface area contributed by atoms with E-state index in [0.29, 0.717) is 23.8 Å². The van der Waals surface area contributed by atoms with Gasteiger partial charge >= 0.3 is 6.61 Å². The van der Waals surface area contributed by atoms with Crippen LogP contribution < -0.4 is 15.4 Å². The molecule has 8 heteroatoms. The van der Waals surface area contributed by atoms with Crippen molar-refractivity contribution in [1.29, 1.82) is 0 Å². The summed E-state index contributed by atoms with van der Waals surface area (Å²) in [7, 11) is 0.504. The summed E-state index contributed by atoms with van der Waals surface area (Å²) < 4.78 is 41.8. The maximum atomic E-state index is 12.5. The lowest BCUT2D eigenvalue weighted by molar-refractivity contribution is -0.0504. The van der Waals surface area contributed by atoms with E-state index in [-0.39, 0.29) is 12.3 Å². The van der Waals surface area contributed by atoms with Gasteiger partial charge in [-0.25, -0.2) is 0 Å². The summed E-state index contributed by atoms with van der Waals surface area (Å²) in [5, 5.41) is 6.13. The molecule has 2 rings (SSSR count). The first kappa shape index (κ1) is 20.8. The maximum Gasteiger partial charge on any atom is 0.387 e. The third-order valence-electron chi connectivity index (χ3n) is 3.69. The molecule has 0 aromatic heterocycles. The Labute approximate surface area is 160 Å². The fourth-order valence-electron chi connectivity index (χ4n) is 2.41. The Bertz CT molecular complexity index is 786. The number of benzene rings is 2. The van der Waals surface area contributed by atoms with Crippen LogP contribution in [0.1, 0.15) is 11.1 Å². The zero-order valence-electron chi connectivity index (χ0n) is 15.2. The highest BCUT2D eigenvalue weighted by Crippen LogP contribution is 2.21. The van der Waals surface area contributed by atoms with Crippen molar-refractivity contribution in [3.63, 3.8) is 0 Å². The third-order valence-corrected chi connectivity index (χ3v) is 5.06. The number of rotatable bonds is 8. The predicted octanol–water partition coefficient (Wildman–Crippen LogP) is 3.07. The van der Waals surface area contributed by atoms with Crippen LogP contribution in [-0.2, 0) is 17.3 Å². The predicted molar refractivity (Wildman–Crippen MR) is 104 cm³/mol. The lowest BCUT2D eigenvalue weighted by Gasteiger charge is -2.15. The van der Waals surface area contributed by atoms with Crippen molar-refractivity contribution in [3.05, 3.63) is 59.7 Å². The van der Waals surface area contributed by atoms with E-state index in [1.807, 2.05) is 37.3 Å². The van der Waals surface area contributed by atoms with Crippen LogP contribution >= 0.6 is 0 Å². The normalized spacial score (nSPS) is 12.7. The molecule has 0 aliphatic rings. The standard InChI is InChI=1S/C19H23F2N3O2S/c1-14-8-9-17(26-18(20)21)15(12-14)13-24-19(22-2)23-10-11-27(25)16-6-4-3-5-7-16/h3-9,12,18H,10-11,13H2,1-2H3,(H2,22,23,24). The summed E-state index contributed by atoms with van der Waals surface area (Å²) in [5.74, 6) is 1.04. The van der Waals surface area contributed by atoms with Gasteiger partial charge in [-0.1, -0.05) is 35.9 Å². The maximum absolute atomic E-state index is 12.5. The summed E-state index contributed by atoms with van der Waals surface area (Å²) in [6, 6.07) is 14.2. The molecule has 0 fully saturated rings. The van der Waals surface area contributed by atoms with E-state index < -0.39 is 17.4 Å². The fourth-order valence-corrected chi connectivity index (χ4v) is 3.39. The van der Waals surface area contributed by atoms with Crippen LogP contribution in [0.15, 0.2) is 58.4 Å². The Balaban J connectivity index is 1.87. The molecule has 0 saturated carbocycles. The molecule has 0 spiro atoms. The van der Waals surface area contributed by atoms with E-state index in [1.54, 1.807) is 19.2 Å². The molecule has 5 nitrogen and oxygen atoms in total. The first-order chi connectivity index (χ1) is 13.0. The number of nitrogens with zero attached hydrogens (tertiary/aromatic N) is 1. The van der Waals surface area contributed by atoms with Crippen LogP contribution in [0.3, 0.4) is 0 Å². The van der Waals surface area contributed by atoms with Crippen LogP contribution in [0.25, 0.3) is 0 Å². The molecular weight excluding hydrogens is 372 g/mol. The number of aryl methyl sites for hydroxylation is 1. The van der Waals surface area contributed by atoms with Gasteiger partial charge in [0, 0.05) is 36.3 Å². The lowest BCUT2D eigenvalue weighted by atomic mass is 10.1. The van der Waals surface area contributed by atoms with Crippen LogP contribution in [0, 0.1) is 6.92 Å². The average molecular weight is 395 g/mol. The Morgan fingerprint density at radius 1 is 1.19 bits per heavy atom. The summed E-state index contributed by atoms with van der Waals surface area (Å²) in [6.07, 6.45) is 0. The molecular formula is C19H23F2N3O2S. The molecule has 2 aromatic rings. The minimum atomic E-state index is -2.88. The number of hydrogen-bond donors (Lipinski definition) is 2. The fraction of sp³-hybridized carbons (Fsp3) is 0.316. The van der Waals surface area contributed by atoms with Crippen molar-refractivity contribution >= 4 is 16.8 Å². The summed E-state index contributed by atoms with van der Waals surface area (Å²) in [5.41, 5.74) is 1.54. The van der Waals surface area contributed by atoms with Crippen molar-refractivity contribution in [2.24, 2.45) is 4.99 Å². The molecule has 2 N–H and O–H groups in total. The minimum absolute atomic E-state index is 0.128. The monoisotopic (exact) mass is 395 g/mol. The Morgan fingerprint density at radius 2 is 1.93 bits per heavy atom. The van der Waals surface area contributed by atoms with Crippen LogP contribution in [0.2, 0.25) is 0 Å². The molecule has 0 heterocycles. The van der Waals surface area contributed by atoms with Gasteiger partial charge in [-0.05, 0) is 25.1 Å². The SMILES string of the molecule is CN=C(NCCS(=O)c1ccccc1)NCc1cc(C)ccc1OC(F)F. The van der Waals surface area contributed by atoms with E-state index >= 15 is 0 Å². The van der Waals surface area contributed by atoms with E-state index in [4.69, 9.17) is 0 Å². The molecule has 1 unspecified atom stereocenters. The number of aliphatic imine (C=N–C) groups is 1. The van der Waals surface area contributed by atoms with Crippen LogP contribution in [0.4, 0.5) is 8.78 Å². The number of halogens is 2. The van der Waals surface area contributed by atoms with Crippen molar-refractivity contribution in [2.75, 3.05) is 19.3 Å². The molecule has 1 atom stereocenters. The first-order valence-corrected chi connectivity index (χ1v) is 9.73. The quantitative estimate of drug-likeness (QED) is 0.533. The molecule has 0 bridgehead atoms. The first-order valence-electron chi connectivity index (χ1n) is 8.42. The van der Waals surface area contributed by atoms with Crippen LogP contribution in [0.5, 0.6) is 5.75 Å². The molecule has 0 radical (unpaired) electrons. The Kier molecular flexibility index (Phi) is 8.19. The second-order valence-corrected chi connectivity index (χ2v) is 7.28. The van der Waals surface area contributed by atoms with E-state index in [0.717, 1.165) is 10.5 Å². The molecule has 0 aliphatic carbocycles. The van der Waals surface area contributed by atoms with Crippen LogP contribution in [-0.4, -0.2) is 36.1 Å². The second kappa shape index (κ2) is 10.6. The smallest absolute Gasteiger partial charge is 0.387 e. The number of nitrogens with one attached hydrogen (secondary N) is 2. The summed E-state index contributed by atoms with van der Waals surface area (Å²) in [6.45, 7) is -0.279. The molecule has 2 aromatic carbocycles. The van der Waals surface area contributed by atoms with Gasteiger partial charge in [-0.3, -0.25) is 9.20 Å². The number of guanidine groups is 1. The van der Waals surface area contributed by atoms with E-state index in [9.17, 15) is 13.0 Å². The zero-order chi connectivity index (χ0) is 19.6. The molecule has 0 saturated heterocycles. The van der Waals surface area contributed by atoms with E-state index in [1.165, 1.54) is 6.07 Å². The van der Waals surface area contributed by atoms with E-state index in [2.05, 4.69) is 20.4 Å². The van der Waals surface area contributed by atoms with Crippen molar-refractivity contribution in [3.8, 4) is 5.75 Å². The Morgan fingerprint density at radius 3 is 2.59 bits per heavy atom. The highest BCUT2D eigenvalue weighted by molar-refractivity contribution is 7.85. The molecule has 0 aliphatic heterocycles. The van der Waals surface area contributed by atoms with Gasteiger partial charge in [0.05, 0.1) is 10.8 Å². The Hall–Kier alpha value is -2.48. The molecule has 27 heavy (non-hydrogen) atoms. The highest BCUT2D eigenvalue weighted by atomic mass is 32.2. The number of hydrogen-bond acceptors (Lipinski definition) is 3. The molecule has 0 amide bonds. The molecule has 146 valence electrons. The third kappa shape index (κ3) is 6.97. The second-order valence-electron chi connectivity index (χ2n) is 5.70. The van der Waals surface area contributed by atoms with Gasteiger partial charge < -0.3 is 15.4 Å². The van der Waals surface area contributed by atoms with Gasteiger partial charge in [0.25, 0.3) is 0 Å². The highest BCUT2D eigenvalue weighted by Gasteiger charge is 2.11. The summed E-state index contributed by atoms with van der Waals surface area (Å²) in [4.78, 5) is 4.87. The minimum Gasteiger partial charge on any atom is -0.434 e. The van der Waals surface area contributed by atoms with Gasteiger partial charge in [0.1, 0.15) is 5.75 Å².